The second-order valence-electron chi connectivity index (χ2n) is 8.90. The monoisotopic (exact) mass is 556 g/mol. The van der Waals surface area contributed by atoms with Crippen molar-refractivity contribution in [2.24, 2.45) is 5.10 Å². The number of nitrogens with one attached hydrogen (secondary N) is 1. The Balaban J connectivity index is 1.44. The zero-order chi connectivity index (χ0) is 28.6. The summed E-state index contributed by atoms with van der Waals surface area (Å²) >= 11 is 0. The molecule has 40 heavy (non-hydrogen) atoms. The molecule has 0 fully saturated rings. The third-order valence-corrected chi connectivity index (χ3v) is 6.38. The van der Waals surface area contributed by atoms with Gasteiger partial charge in [-0.25, -0.2) is 18.6 Å². The number of nitrogens with zero attached hydrogens (tertiary/aromatic N) is 3. The molecule has 4 aromatic rings. The SMILES string of the molecule is COC(=O)c1cc(CN2Cc3nc(-c4cccc(F)c4F)[nH]c3C=N2)ccc1-c1ccc(OC)cc1C(F)(F)F. The molecule has 0 bridgehead atoms. The highest BCUT2D eigenvalue weighted by Crippen LogP contribution is 2.40. The summed E-state index contributed by atoms with van der Waals surface area (Å²) in [6, 6.07) is 11.8. The van der Waals surface area contributed by atoms with Crippen molar-refractivity contribution < 1.29 is 36.2 Å². The molecule has 0 atom stereocenters. The minimum absolute atomic E-state index is 0.0237. The van der Waals surface area contributed by atoms with E-state index in [2.05, 4.69) is 15.1 Å². The maximum atomic E-state index is 14.2. The summed E-state index contributed by atoms with van der Waals surface area (Å²) < 4.78 is 79.4. The van der Waals surface area contributed by atoms with Gasteiger partial charge in [-0.3, -0.25) is 5.01 Å². The number of halogens is 5. The summed E-state index contributed by atoms with van der Waals surface area (Å²) in [5, 5.41) is 5.95. The molecule has 1 aliphatic rings. The first kappa shape index (κ1) is 26.9. The lowest BCUT2D eigenvalue weighted by Gasteiger charge is -2.22. The van der Waals surface area contributed by atoms with Crippen molar-refractivity contribution in [3.8, 4) is 28.3 Å². The Morgan fingerprint density at radius 2 is 1.80 bits per heavy atom. The number of hydrazone groups is 1. The quantitative estimate of drug-likeness (QED) is 0.227. The summed E-state index contributed by atoms with van der Waals surface area (Å²) in [5.74, 6) is -2.66. The van der Waals surface area contributed by atoms with Gasteiger partial charge in [0.15, 0.2) is 11.6 Å². The van der Waals surface area contributed by atoms with Gasteiger partial charge in [0.1, 0.15) is 11.6 Å². The van der Waals surface area contributed by atoms with Gasteiger partial charge in [-0.05, 0) is 47.0 Å². The molecule has 12 heteroatoms. The molecule has 1 aliphatic heterocycles. The minimum atomic E-state index is -4.70. The molecule has 0 spiro atoms. The van der Waals surface area contributed by atoms with E-state index in [1.807, 2.05) is 0 Å². The number of carbonyl (C=O) groups is 1. The number of esters is 1. The van der Waals surface area contributed by atoms with Crippen LogP contribution in [0.25, 0.3) is 22.5 Å². The molecular weight excluding hydrogens is 535 g/mol. The van der Waals surface area contributed by atoms with Crippen LogP contribution >= 0.6 is 0 Å². The number of rotatable bonds is 6. The van der Waals surface area contributed by atoms with Gasteiger partial charge in [0.2, 0.25) is 0 Å². The number of benzene rings is 3. The zero-order valence-corrected chi connectivity index (χ0v) is 21.1. The Kier molecular flexibility index (Phi) is 7.01. The lowest BCUT2D eigenvalue weighted by molar-refractivity contribution is -0.137. The molecule has 3 aromatic carbocycles. The van der Waals surface area contributed by atoms with E-state index in [4.69, 9.17) is 9.47 Å². The van der Waals surface area contributed by atoms with E-state index in [1.54, 1.807) is 11.1 Å². The Bertz CT molecular complexity index is 1630. The van der Waals surface area contributed by atoms with Crippen LogP contribution in [0.4, 0.5) is 22.0 Å². The number of imidazole rings is 1. The van der Waals surface area contributed by atoms with E-state index in [9.17, 15) is 26.7 Å². The van der Waals surface area contributed by atoms with Crippen molar-refractivity contribution in [2.75, 3.05) is 14.2 Å². The second-order valence-corrected chi connectivity index (χ2v) is 8.90. The number of aromatic nitrogens is 2. The lowest BCUT2D eigenvalue weighted by Crippen LogP contribution is -2.21. The molecule has 0 amide bonds. The van der Waals surface area contributed by atoms with Gasteiger partial charge in [-0.1, -0.05) is 24.3 Å². The fraction of sp³-hybridized carbons (Fsp3) is 0.179. The third kappa shape index (κ3) is 5.12. The topological polar surface area (TPSA) is 79.8 Å². The largest absolute Gasteiger partial charge is 0.497 e. The normalized spacial score (nSPS) is 12.8. The van der Waals surface area contributed by atoms with Crippen LogP contribution in [-0.2, 0) is 24.0 Å². The molecule has 0 saturated carbocycles. The number of H-pyrrole nitrogens is 1. The average Bonchev–Trinajstić information content (AvgIpc) is 3.36. The first-order valence-electron chi connectivity index (χ1n) is 11.9. The molecule has 0 aliphatic carbocycles. The van der Waals surface area contributed by atoms with Crippen LogP contribution in [0.5, 0.6) is 5.75 Å². The van der Waals surface area contributed by atoms with Gasteiger partial charge in [0.05, 0.1) is 61.6 Å². The zero-order valence-electron chi connectivity index (χ0n) is 21.1. The van der Waals surface area contributed by atoms with Crippen molar-refractivity contribution in [2.45, 2.75) is 19.3 Å². The smallest absolute Gasteiger partial charge is 0.417 e. The predicted molar refractivity (Wildman–Crippen MR) is 136 cm³/mol. The number of aromatic amines is 1. The first-order chi connectivity index (χ1) is 19.1. The fourth-order valence-electron chi connectivity index (χ4n) is 4.45. The molecule has 0 unspecified atom stereocenters. The Labute approximate surface area is 224 Å². The second kappa shape index (κ2) is 10.4. The highest BCUT2D eigenvalue weighted by molar-refractivity contribution is 5.98. The molecule has 0 saturated heterocycles. The van der Waals surface area contributed by atoms with Crippen LogP contribution in [0.1, 0.15) is 32.9 Å². The lowest BCUT2D eigenvalue weighted by atomic mass is 9.93. The van der Waals surface area contributed by atoms with E-state index in [0.717, 1.165) is 19.2 Å². The number of carbonyl (C=O) groups excluding carboxylic acids is 1. The predicted octanol–water partition coefficient (Wildman–Crippen LogP) is 6.19. The van der Waals surface area contributed by atoms with Crippen molar-refractivity contribution in [1.82, 2.24) is 15.0 Å². The number of fused-ring (bicyclic) bond motifs is 1. The highest BCUT2D eigenvalue weighted by atomic mass is 19.4. The van der Waals surface area contributed by atoms with E-state index >= 15 is 0 Å². The third-order valence-electron chi connectivity index (χ3n) is 6.38. The van der Waals surface area contributed by atoms with E-state index in [-0.39, 0.29) is 46.9 Å². The molecule has 206 valence electrons. The van der Waals surface area contributed by atoms with Crippen molar-refractivity contribution in [3.05, 3.63) is 94.3 Å². The number of alkyl halides is 3. The number of hydrogen-bond donors (Lipinski definition) is 1. The summed E-state index contributed by atoms with van der Waals surface area (Å²) in [5.41, 5.74) is 0.441. The summed E-state index contributed by atoms with van der Waals surface area (Å²) in [6.45, 7) is 0.372. The van der Waals surface area contributed by atoms with Crippen molar-refractivity contribution in [1.29, 1.82) is 0 Å². The average molecular weight is 556 g/mol. The molecule has 0 radical (unpaired) electrons. The van der Waals surface area contributed by atoms with E-state index in [0.29, 0.717) is 17.0 Å². The Morgan fingerprint density at radius 1 is 1.02 bits per heavy atom. The summed E-state index contributed by atoms with van der Waals surface area (Å²) in [7, 11) is 2.41. The van der Waals surface area contributed by atoms with E-state index < -0.39 is 29.3 Å². The van der Waals surface area contributed by atoms with Crippen molar-refractivity contribution in [3.63, 3.8) is 0 Å². The van der Waals surface area contributed by atoms with Crippen LogP contribution < -0.4 is 4.74 Å². The van der Waals surface area contributed by atoms with Crippen LogP contribution in [0.2, 0.25) is 0 Å². The molecule has 5 rings (SSSR count). The van der Waals surface area contributed by atoms with Gasteiger partial charge in [-0.15, -0.1) is 0 Å². The van der Waals surface area contributed by atoms with Crippen LogP contribution in [0.15, 0.2) is 59.7 Å². The Hall–Kier alpha value is -4.74. The molecular formula is C28H21F5N4O3. The number of methoxy groups -OCH3 is 2. The van der Waals surface area contributed by atoms with Crippen LogP contribution in [0, 0.1) is 11.6 Å². The van der Waals surface area contributed by atoms with Gasteiger partial charge >= 0.3 is 12.1 Å². The number of ether oxygens (including phenoxy) is 2. The fourth-order valence-corrected chi connectivity index (χ4v) is 4.45. The van der Waals surface area contributed by atoms with Gasteiger partial charge in [0.25, 0.3) is 0 Å². The maximum Gasteiger partial charge on any atom is 0.417 e. The van der Waals surface area contributed by atoms with Gasteiger partial charge < -0.3 is 14.5 Å². The van der Waals surface area contributed by atoms with Gasteiger partial charge in [-0.2, -0.15) is 18.3 Å². The molecule has 1 N–H and O–H groups in total. The standard InChI is InChI=1S/C28H21F5N4O3/c1-39-16-7-9-18(21(11-16)28(31,32)33)17-8-6-15(10-20(17)27(38)40-2)13-37-14-24-23(12-34-37)35-26(36-24)19-4-3-5-22(29)25(19)30/h3-12H,13-14H2,1-2H3,(H,35,36). The summed E-state index contributed by atoms with van der Waals surface area (Å²) in [4.78, 5) is 20.0. The van der Waals surface area contributed by atoms with E-state index in [1.165, 1.54) is 49.7 Å². The highest BCUT2D eigenvalue weighted by Gasteiger charge is 2.35. The van der Waals surface area contributed by atoms with Crippen molar-refractivity contribution >= 4 is 12.2 Å². The number of hydrogen-bond acceptors (Lipinski definition) is 6. The van der Waals surface area contributed by atoms with Crippen LogP contribution in [0.3, 0.4) is 0 Å². The molecule has 2 heterocycles. The molecule has 1 aromatic heterocycles. The minimum Gasteiger partial charge on any atom is -0.497 e. The summed E-state index contributed by atoms with van der Waals surface area (Å²) in [6.07, 6.45) is -3.22. The molecule has 7 nitrogen and oxygen atoms in total. The van der Waals surface area contributed by atoms with Crippen LogP contribution in [-0.4, -0.2) is 41.4 Å². The first-order valence-corrected chi connectivity index (χ1v) is 11.9. The Morgan fingerprint density at radius 3 is 2.52 bits per heavy atom. The van der Waals surface area contributed by atoms with Gasteiger partial charge in [0, 0.05) is 0 Å². The maximum absolute atomic E-state index is 14.2.